The Morgan fingerprint density at radius 3 is 2.21 bits per heavy atom. The summed E-state index contributed by atoms with van der Waals surface area (Å²) in [6, 6.07) is 12.9. The van der Waals surface area contributed by atoms with E-state index in [1.165, 1.54) is 12.1 Å². The molecule has 0 aliphatic carbocycles. The molecule has 13 nitrogen and oxygen atoms in total. The van der Waals surface area contributed by atoms with Crippen LogP contribution >= 0.6 is 11.6 Å². The van der Waals surface area contributed by atoms with Gasteiger partial charge in [0.1, 0.15) is 10.6 Å². The molecule has 2 aromatic heterocycles. The summed E-state index contributed by atoms with van der Waals surface area (Å²) in [6.07, 6.45) is 0. The molecule has 0 amide bonds. The van der Waals surface area contributed by atoms with Crippen LogP contribution in [0.4, 0.5) is 34.6 Å². The van der Waals surface area contributed by atoms with Crippen LogP contribution in [0.25, 0.3) is 0 Å². The summed E-state index contributed by atoms with van der Waals surface area (Å²) < 4.78 is 34.9. The Morgan fingerprint density at radius 1 is 0.949 bits per heavy atom. The highest BCUT2D eigenvalue weighted by molar-refractivity contribution is 7.86. The molecular weight excluding hydrogens is 548 g/mol. The Morgan fingerprint density at radius 2 is 1.59 bits per heavy atom. The smallest absolute Gasteiger partial charge is 0.296 e. The molecule has 0 spiro atoms. The number of para-hydroxylation sites is 1. The van der Waals surface area contributed by atoms with E-state index in [-0.39, 0.29) is 46.7 Å². The molecule has 0 radical (unpaired) electrons. The number of benzene rings is 2. The van der Waals surface area contributed by atoms with Gasteiger partial charge in [0.2, 0.25) is 17.2 Å². The van der Waals surface area contributed by atoms with Gasteiger partial charge in [-0.2, -0.15) is 23.4 Å². The molecule has 0 saturated carbocycles. The monoisotopic (exact) mass is 570 g/mol. The third-order valence-electron chi connectivity index (χ3n) is 5.66. The maximum Gasteiger partial charge on any atom is 0.296 e. The first-order chi connectivity index (χ1) is 18.5. The molecule has 2 aromatic carbocycles. The van der Waals surface area contributed by atoms with Crippen molar-refractivity contribution in [3.8, 4) is 5.88 Å². The fraction of sp³-hybridized carbons (Fsp3) is 0.167. The molecule has 0 bridgehead atoms. The molecule has 4 N–H and O–H groups in total. The first-order valence-corrected chi connectivity index (χ1v) is 13.3. The van der Waals surface area contributed by atoms with Crippen LogP contribution in [0.1, 0.15) is 18.1 Å². The van der Waals surface area contributed by atoms with Crippen molar-refractivity contribution in [1.29, 1.82) is 0 Å². The Kier molecular flexibility index (Phi) is 7.90. The Labute approximate surface area is 228 Å². The lowest BCUT2D eigenvalue weighted by molar-refractivity contribution is 0.406. The van der Waals surface area contributed by atoms with Gasteiger partial charge in [-0.25, -0.2) is 0 Å². The van der Waals surface area contributed by atoms with Crippen LogP contribution in [0.2, 0.25) is 5.28 Å². The zero-order valence-electron chi connectivity index (χ0n) is 20.9. The number of aromatic hydroxyl groups is 1. The van der Waals surface area contributed by atoms with E-state index in [1.807, 2.05) is 30.3 Å². The van der Waals surface area contributed by atoms with Gasteiger partial charge in [0.05, 0.1) is 0 Å². The summed E-state index contributed by atoms with van der Waals surface area (Å²) in [5.41, 5.74) is 0.810. The first-order valence-electron chi connectivity index (χ1n) is 11.4. The third kappa shape index (κ3) is 6.19. The normalized spacial score (nSPS) is 11.6. The number of rotatable bonds is 8. The van der Waals surface area contributed by atoms with Crippen molar-refractivity contribution < 1.29 is 18.1 Å². The minimum absolute atomic E-state index is 0.0340. The summed E-state index contributed by atoms with van der Waals surface area (Å²) in [6.45, 7) is 5.05. The van der Waals surface area contributed by atoms with Gasteiger partial charge >= 0.3 is 0 Å². The minimum atomic E-state index is -4.70. The minimum Gasteiger partial charge on any atom is -0.494 e. The second-order valence-corrected chi connectivity index (χ2v) is 9.92. The highest BCUT2D eigenvalue weighted by Crippen LogP contribution is 2.32. The second kappa shape index (κ2) is 11.1. The molecule has 39 heavy (non-hydrogen) atoms. The molecule has 0 fully saturated rings. The zero-order chi connectivity index (χ0) is 28.3. The SMILES string of the molecule is CCn1c(O)c(C)c(C)c(N=Nc2cc(Nc3nc(Cl)nc(Nc4ccccc4)n3)ccc2S(=O)(=O)O)c1=O. The van der Waals surface area contributed by atoms with E-state index in [4.69, 9.17) is 11.6 Å². The number of hydrogen-bond donors (Lipinski definition) is 4. The summed E-state index contributed by atoms with van der Waals surface area (Å²) >= 11 is 6.06. The van der Waals surface area contributed by atoms with E-state index < -0.39 is 20.6 Å². The van der Waals surface area contributed by atoms with Gasteiger partial charge in [0.25, 0.3) is 15.7 Å². The summed E-state index contributed by atoms with van der Waals surface area (Å²) in [4.78, 5) is 24.6. The predicted molar refractivity (Wildman–Crippen MR) is 146 cm³/mol. The van der Waals surface area contributed by atoms with Crippen molar-refractivity contribution in [3.63, 3.8) is 0 Å². The van der Waals surface area contributed by atoms with Gasteiger partial charge < -0.3 is 15.7 Å². The molecule has 4 rings (SSSR count). The number of pyridine rings is 1. The van der Waals surface area contributed by atoms with E-state index in [0.717, 1.165) is 10.6 Å². The quantitative estimate of drug-likeness (QED) is 0.162. The predicted octanol–water partition coefficient (Wildman–Crippen LogP) is 5.18. The maximum atomic E-state index is 12.8. The highest BCUT2D eigenvalue weighted by atomic mass is 35.5. The third-order valence-corrected chi connectivity index (χ3v) is 6.73. The average molecular weight is 571 g/mol. The fourth-order valence-corrected chi connectivity index (χ4v) is 4.34. The molecule has 0 aliphatic rings. The number of nitrogens with one attached hydrogen (secondary N) is 2. The van der Waals surface area contributed by atoms with Crippen molar-refractivity contribution in [1.82, 2.24) is 19.5 Å². The molecule has 2 heterocycles. The Balaban J connectivity index is 1.72. The number of anilines is 4. The molecule has 15 heteroatoms. The molecular formula is C24H23ClN8O5S. The number of aromatic nitrogens is 4. The Hall–Kier alpha value is -4.40. The van der Waals surface area contributed by atoms with Crippen LogP contribution in [0.5, 0.6) is 5.88 Å². The van der Waals surface area contributed by atoms with Crippen molar-refractivity contribution in [3.05, 3.63) is 75.3 Å². The molecule has 0 atom stereocenters. The van der Waals surface area contributed by atoms with Crippen LogP contribution in [-0.2, 0) is 16.7 Å². The maximum absolute atomic E-state index is 12.8. The Bertz CT molecular complexity index is 1740. The standard InChI is InChI=1S/C24H23ClN8O5S/c1-4-33-20(34)14(3)13(2)19(21(33)35)32-31-17-12-16(10-11-18(17)39(36,37)38)27-24-29-22(25)28-23(30-24)26-15-8-6-5-7-9-15/h5-12,34H,4H2,1-3H3,(H,36,37,38)(H2,26,27,28,29,30). The summed E-state index contributed by atoms with van der Waals surface area (Å²) in [5.74, 6) is -0.00350. The molecule has 0 aliphatic heterocycles. The van der Waals surface area contributed by atoms with E-state index >= 15 is 0 Å². The van der Waals surface area contributed by atoms with Gasteiger partial charge in [-0.3, -0.25) is 13.9 Å². The van der Waals surface area contributed by atoms with Crippen LogP contribution < -0.4 is 16.2 Å². The van der Waals surface area contributed by atoms with Crippen molar-refractivity contribution in [2.24, 2.45) is 10.2 Å². The lowest BCUT2D eigenvalue weighted by Crippen LogP contribution is -2.20. The topological polar surface area (TPSA) is 184 Å². The van der Waals surface area contributed by atoms with E-state index in [1.54, 1.807) is 20.8 Å². The number of halogens is 1. The summed E-state index contributed by atoms with van der Waals surface area (Å²) in [7, 11) is -4.70. The highest BCUT2D eigenvalue weighted by Gasteiger charge is 2.19. The van der Waals surface area contributed by atoms with Gasteiger partial charge in [-0.1, -0.05) is 18.2 Å². The van der Waals surface area contributed by atoms with Crippen LogP contribution in [0.3, 0.4) is 0 Å². The first kappa shape index (κ1) is 27.6. The van der Waals surface area contributed by atoms with Crippen LogP contribution in [-0.4, -0.2) is 37.6 Å². The number of azo groups is 1. The van der Waals surface area contributed by atoms with Crippen molar-refractivity contribution in [2.45, 2.75) is 32.2 Å². The lowest BCUT2D eigenvalue weighted by atomic mass is 10.1. The zero-order valence-corrected chi connectivity index (χ0v) is 22.5. The average Bonchev–Trinajstić information content (AvgIpc) is 2.87. The van der Waals surface area contributed by atoms with Gasteiger partial charge in [-0.05, 0) is 68.3 Å². The molecule has 202 valence electrons. The van der Waals surface area contributed by atoms with Crippen molar-refractivity contribution in [2.75, 3.05) is 10.6 Å². The van der Waals surface area contributed by atoms with E-state index in [2.05, 4.69) is 35.8 Å². The van der Waals surface area contributed by atoms with Crippen LogP contribution in [0.15, 0.2) is 68.4 Å². The number of hydrogen-bond acceptors (Lipinski definition) is 11. The fourth-order valence-electron chi connectivity index (χ4n) is 3.58. The molecule has 0 saturated heterocycles. The van der Waals surface area contributed by atoms with E-state index in [9.17, 15) is 22.9 Å². The van der Waals surface area contributed by atoms with Crippen molar-refractivity contribution >= 4 is 56.4 Å². The van der Waals surface area contributed by atoms with Gasteiger partial charge in [0.15, 0.2) is 11.6 Å². The van der Waals surface area contributed by atoms with E-state index in [0.29, 0.717) is 16.8 Å². The second-order valence-electron chi connectivity index (χ2n) is 8.20. The largest absolute Gasteiger partial charge is 0.494 e. The van der Waals surface area contributed by atoms with Gasteiger partial charge in [0, 0.05) is 23.5 Å². The van der Waals surface area contributed by atoms with Gasteiger partial charge in [-0.15, -0.1) is 10.2 Å². The molecule has 0 unspecified atom stereocenters. The van der Waals surface area contributed by atoms with Crippen LogP contribution in [0, 0.1) is 13.8 Å². The summed E-state index contributed by atoms with van der Waals surface area (Å²) in [5, 5.41) is 24.0. The number of nitrogens with zero attached hydrogens (tertiary/aromatic N) is 6. The lowest BCUT2D eigenvalue weighted by Gasteiger charge is -2.12. The molecule has 4 aromatic rings.